The van der Waals surface area contributed by atoms with E-state index in [0.29, 0.717) is 31.2 Å². The van der Waals surface area contributed by atoms with Crippen LogP contribution in [0.4, 0.5) is 0 Å². The topological polar surface area (TPSA) is 414 Å². The standard InChI is InChI=1S/C42H68N10O14/c1-5-22(2)34(52-35(58)23(3)45)41(64)49-29(16-17-32(54)55)39(62)48-28(11-7-9-19-44)37(60)50-30(20-25-12-14-26(53)15-13-25)40(63)46-24(4)36(59)47-27(10-6-8-18-43)38(61)51-31(42(65)66)21-33(56)57/h12-15,22-24,27-31,34,53H,5-11,16-21,43-45H2,1-4H3,(H,46,63)(H,47,59)(H,48,62)(H,49,64)(H,50,60)(H,51,61)(H,52,58)(H,54,55)(H,56,57)(H,65,66)/t22-,23-,24-,27-,28-,29-,30-,31-,34-/m0/s1. The van der Waals surface area contributed by atoms with Crippen LogP contribution in [0.5, 0.6) is 5.75 Å². The number of nitrogens with two attached hydrogens (primary N) is 3. The van der Waals surface area contributed by atoms with Gasteiger partial charge < -0.3 is 74.8 Å². The van der Waals surface area contributed by atoms with E-state index in [2.05, 4.69) is 37.2 Å². The molecule has 0 radical (unpaired) electrons. The minimum atomic E-state index is -1.81. The quantitative estimate of drug-likeness (QED) is 0.0330. The molecule has 0 aliphatic carbocycles. The van der Waals surface area contributed by atoms with Crippen LogP contribution in [0.3, 0.4) is 0 Å². The fraction of sp³-hybridized carbons (Fsp3) is 0.619. The first-order valence-electron chi connectivity index (χ1n) is 21.8. The Morgan fingerprint density at radius 1 is 0.545 bits per heavy atom. The van der Waals surface area contributed by atoms with E-state index >= 15 is 0 Å². The van der Waals surface area contributed by atoms with E-state index in [1.54, 1.807) is 13.8 Å². The number of phenols is 1. The van der Waals surface area contributed by atoms with Gasteiger partial charge in [0.15, 0.2) is 0 Å². The first-order valence-corrected chi connectivity index (χ1v) is 21.8. The lowest BCUT2D eigenvalue weighted by atomic mass is 9.97. The van der Waals surface area contributed by atoms with Crippen molar-refractivity contribution in [3.8, 4) is 5.75 Å². The molecule has 370 valence electrons. The summed E-state index contributed by atoms with van der Waals surface area (Å²) in [5.74, 6) is -11.1. The molecule has 1 rings (SSSR count). The molecule has 24 heteroatoms. The lowest BCUT2D eigenvalue weighted by Crippen LogP contribution is -2.60. The lowest BCUT2D eigenvalue weighted by Gasteiger charge is -2.28. The predicted molar refractivity (Wildman–Crippen MR) is 237 cm³/mol. The molecule has 0 saturated carbocycles. The van der Waals surface area contributed by atoms with Crippen molar-refractivity contribution in [3.05, 3.63) is 29.8 Å². The summed E-state index contributed by atoms with van der Waals surface area (Å²) in [5, 5.41) is 55.1. The summed E-state index contributed by atoms with van der Waals surface area (Å²) in [7, 11) is 0. The first kappa shape index (κ1) is 57.6. The number of carbonyl (C=O) groups excluding carboxylic acids is 7. The second kappa shape index (κ2) is 29.9. The van der Waals surface area contributed by atoms with Crippen molar-refractivity contribution in [1.29, 1.82) is 0 Å². The van der Waals surface area contributed by atoms with Crippen LogP contribution in [0.25, 0.3) is 0 Å². The van der Waals surface area contributed by atoms with Crippen molar-refractivity contribution < 1.29 is 68.4 Å². The van der Waals surface area contributed by atoms with Gasteiger partial charge in [-0.2, -0.15) is 0 Å². The number of hydrogen-bond acceptors (Lipinski definition) is 14. The number of carboxylic acids is 3. The third-order valence-corrected chi connectivity index (χ3v) is 10.4. The molecule has 0 aromatic heterocycles. The number of nitrogens with one attached hydrogen (secondary N) is 7. The van der Waals surface area contributed by atoms with E-state index in [-0.39, 0.29) is 44.5 Å². The van der Waals surface area contributed by atoms with Crippen LogP contribution in [-0.4, -0.2) is 141 Å². The molecule has 1 aromatic rings. The van der Waals surface area contributed by atoms with E-state index in [1.807, 2.05) is 0 Å². The van der Waals surface area contributed by atoms with Crippen molar-refractivity contribution in [2.75, 3.05) is 13.1 Å². The zero-order valence-electron chi connectivity index (χ0n) is 37.8. The second-order valence-corrected chi connectivity index (χ2v) is 16.0. The maximum atomic E-state index is 14.1. The van der Waals surface area contributed by atoms with Crippen LogP contribution in [0.1, 0.15) is 97.5 Å². The molecular formula is C42H68N10O14. The van der Waals surface area contributed by atoms with Crippen LogP contribution in [-0.2, 0) is 54.4 Å². The molecule has 0 fully saturated rings. The van der Waals surface area contributed by atoms with Gasteiger partial charge in [0.05, 0.1) is 12.5 Å². The van der Waals surface area contributed by atoms with Crippen LogP contribution in [0, 0.1) is 5.92 Å². The van der Waals surface area contributed by atoms with Gasteiger partial charge in [-0.05, 0) is 95.5 Å². The van der Waals surface area contributed by atoms with Gasteiger partial charge in [0, 0.05) is 12.8 Å². The van der Waals surface area contributed by atoms with Gasteiger partial charge in [-0.1, -0.05) is 32.4 Å². The van der Waals surface area contributed by atoms with Gasteiger partial charge in [0.25, 0.3) is 0 Å². The fourth-order valence-electron chi connectivity index (χ4n) is 6.25. The highest BCUT2D eigenvalue weighted by molar-refractivity contribution is 5.98. The van der Waals surface area contributed by atoms with Crippen LogP contribution >= 0.6 is 0 Å². The molecule has 66 heavy (non-hydrogen) atoms. The number of unbranched alkanes of at least 4 members (excludes halogenated alkanes) is 2. The van der Waals surface area contributed by atoms with E-state index in [4.69, 9.17) is 22.3 Å². The summed E-state index contributed by atoms with van der Waals surface area (Å²) in [6, 6.07) is -5.48. The van der Waals surface area contributed by atoms with Gasteiger partial charge >= 0.3 is 17.9 Å². The first-order chi connectivity index (χ1) is 31.0. The Hall–Kier alpha value is -6.40. The summed E-state index contributed by atoms with van der Waals surface area (Å²) in [4.78, 5) is 129. The minimum Gasteiger partial charge on any atom is -0.508 e. The smallest absolute Gasteiger partial charge is 0.326 e. The molecule has 0 aliphatic rings. The normalized spacial score (nSPS) is 15.1. The SMILES string of the molecule is CC[C@H](C)[C@H](NC(=O)[C@H](C)N)C(=O)N[C@@H](CCC(=O)O)C(=O)N[C@@H](CCCCN)C(=O)N[C@@H](Cc1ccc(O)cc1)C(=O)N[C@@H](C)C(=O)N[C@@H](CCCCN)C(=O)N[C@@H](CC(=O)O)C(=O)O. The summed E-state index contributed by atoms with van der Waals surface area (Å²) in [5.41, 5.74) is 17.4. The second-order valence-electron chi connectivity index (χ2n) is 16.0. The molecule has 1 aromatic carbocycles. The van der Waals surface area contributed by atoms with Crippen LogP contribution < -0.4 is 54.4 Å². The number of rotatable bonds is 32. The molecule has 0 bridgehead atoms. The molecule has 9 atom stereocenters. The Morgan fingerprint density at radius 3 is 1.45 bits per heavy atom. The summed E-state index contributed by atoms with van der Waals surface area (Å²) in [6.45, 7) is 6.57. The zero-order valence-corrected chi connectivity index (χ0v) is 37.8. The number of amides is 7. The largest absolute Gasteiger partial charge is 0.508 e. The summed E-state index contributed by atoms with van der Waals surface area (Å²) in [6.07, 6.45) is -0.394. The van der Waals surface area contributed by atoms with Crippen molar-refractivity contribution in [3.63, 3.8) is 0 Å². The molecule has 24 nitrogen and oxygen atoms in total. The monoisotopic (exact) mass is 936 g/mol. The van der Waals surface area contributed by atoms with Crippen molar-refractivity contribution in [2.45, 2.75) is 147 Å². The fourth-order valence-corrected chi connectivity index (χ4v) is 6.25. The van der Waals surface area contributed by atoms with Crippen molar-refractivity contribution in [1.82, 2.24) is 37.2 Å². The highest BCUT2D eigenvalue weighted by Gasteiger charge is 2.35. The number of aliphatic carboxylic acids is 3. The number of phenolic OH excluding ortho intramolecular Hbond substituents is 1. The Labute approximate surface area is 382 Å². The number of carboxylic acid groups (broad SMARTS) is 3. The van der Waals surface area contributed by atoms with Crippen molar-refractivity contribution in [2.24, 2.45) is 23.1 Å². The highest BCUT2D eigenvalue weighted by atomic mass is 16.4. The highest BCUT2D eigenvalue weighted by Crippen LogP contribution is 2.14. The number of carbonyl (C=O) groups is 10. The van der Waals surface area contributed by atoms with E-state index in [0.717, 1.165) is 0 Å². The average molecular weight is 937 g/mol. The average Bonchev–Trinajstić information content (AvgIpc) is 3.25. The number of hydrogen-bond donors (Lipinski definition) is 14. The predicted octanol–water partition coefficient (Wildman–Crippen LogP) is -2.58. The summed E-state index contributed by atoms with van der Waals surface area (Å²) < 4.78 is 0. The van der Waals surface area contributed by atoms with Gasteiger partial charge in [0.2, 0.25) is 41.4 Å². The van der Waals surface area contributed by atoms with E-state index in [1.165, 1.54) is 38.1 Å². The minimum absolute atomic E-state index is 0.0327. The van der Waals surface area contributed by atoms with Crippen LogP contribution in [0.15, 0.2) is 24.3 Å². The van der Waals surface area contributed by atoms with Gasteiger partial charge in [-0.3, -0.25) is 43.2 Å². The third kappa shape index (κ3) is 21.5. The third-order valence-electron chi connectivity index (χ3n) is 10.4. The van der Waals surface area contributed by atoms with Crippen LogP contribution in [0.2, 0.25) is 0 Å². The molecule has 0 saturated heterocycles. The van der Waals surface area contributed by atoms with Gasteiger partial charge in [0.1, 0.15) is 48.0 Å². The molecule has 7 amide bonds. The molecular weight excluding hydrogens is 869 g/mol. The number of aromatic hydroxyl groups is 1. The Morgan fingerprint density at radius 2 is 1.00 bits per heavy atom. The molecule has 0 aliphatic heterocycles. The molecule has 0 unspecified atom stereocenters. The molecule has 17 N–H and O–H groups in total. The lowest BCUT2D eigenvalue weighted by molar-refractivity contribution is -0.147. The van der Waals surface area contributed by atoms with Gasteiger partial charge in [-0.15, -0.1) is 0 Å². The van der Waals surface area contributed by atoms with Gasteiger partial charge in [-0.25, -0.2) is 4.79 Å². The maximum absolute atomic E-state index is 14.1. The zero-order chi connectivity index (χ0) is 50.1. The Kier molecular flexibility index (Phi) is 26.1. The van der Waals surface area contributed by atoms with Crippen molar-refractivity contribution >= 4 is 59.3 Å². The number of benzene rings is 1. The summed E-state index contributed by atoms with van der Waals surface area (Å²) >= 11 is 0. The maximum Gasteiger partial charge on any atom is 0.326 e. The molecule has 0 heterocycles. The Bertz CT molecular complexity index is 1820. The molecule has 0 spiro atoms. The van der Waals surface area contributed by atoms with E-state index < -0.39 is 133 Å². The Balaban J connectivity index is 3.48. The van der Waals surface area contributed by atoms with E-state index in [9.17, 15) is 63.3 Å².